The first-order valence-corrected chi connectivity index (χ1v) is 8.37. The van der Waals surface area contributed by atoms with Gasteiger partial charge in [0, 0.05) is 24.8 Å². The molecule has 0 fully saturated rings. The lowest BCUT2D eigenvalue weighted by Gasteiger charge is -2.06. The summed E-state index contributed by atoms with van der Waals surface area (Å²) in [6.07, 6.45) is 10.3. The van der Waals surface area contributed by atoms with Crippen molar-refractivity contribution in [3.05, 3.63) is 17.5 Å². The number of hydrogen-bond donors (Lipinski definition) is 1. The summed E-state index contributed by atoms with van der Waals surface area (Å²) in [5.74, 6) is 0.702. The van der Waals surface area contributed by atoms with E-state index in [1.54, 1.807) is 0 Å². The second-order valence-corrected chi connectivity index (χ2v) is 6.30. The first kappa shape index (κ1) is 17.2. The van der Waals surface area contributed by atoms with Gasteiger partial charge in [-0.25, -0.2) is 0 Å². The van der Waals surface area contributed by atoms with Gasteiger partial charge >= 0.3 is 0 Å². The van der Waals surface area contributed by atoms with Gasteiger partial charge in [-0.3, -0.25) is 4.68 Å². The molecule has 0 atom stereocenters. The highest BCUT2D eigenvalue weighted by Gasteiger charge is 2.04. The standard InChI is InChI=1S/C17H33N3/c1-5-6-7-8-9-10-11-20-14-17(16(4)19-20)13-18-12-15(2)3/h14-15,18H,5-13H2,1-4H3. The van der Waals surface area contributed by atoms with Gasteiger partial charge in [0.15, 0.2) is 0 Å². The van der Waals surface area contributed by atoms with Crippen molar-refractivity contribution in [1.29, 1.82) is 0 Å². The van der Waals surface area contributed by atoms with Crippen molar-refractivity contribution in [2.24, 2.45) is 5.92 Å². The molecule has 0 radical (unpaired) electrons. The highest BCUT2D eigenvalue weighted by molar-refractivity contribution is 5.14. The quantitative estimate of drug-likeness (QED) is 0.612. The van der Waals surface area contributed by atoms with E-state index < -0.39 is 0 Å². The summed E-state index contributed by atoms with van der Waals surface area (Å²) in [6.45, 7) is 11.9. The van der Waals surface area contributed by atoms with E-state index in [4.69, 9.17) is 0 Å². The second-order valence-electron chi connectivity index (χ2n) is 6.30. The van der Waals surface area contributed by atoms with E-state index in [9.17, 15) is 0 Å². The van der Waals surface area contributed by atoms with Crippen LogP contribution in [-0.2, 0) is 13.1 Å². The van der Waals surface area contributed by atoms with E-state index in [1.807, 2.05) is 0 Å². The average Bonchev–Trinajstić information content (AvgIpc) is 2.74. The van der Waals surface area contributed by atoms with Crippen LogP contribution in [0.1, 0.15) is 70.6 Å². The summed E-state index contributed by atoms with van der Waals surface area (Å²) < 4.78 is 2.13. The van der Waals surface area contributed by atoms with E-state index in [-0.39, 0.29) is 0 Å². The van der Waals surface area contributed by atoms with Crippen LogP contribution < -0.4 is 5.32 Å². The predicted octanol–water partition coefficient (Wildman–Crippen LogP) is 4.30. The Labute approximate surface area is 125 Å². The van der Waals surface area contributed by atoms with E-state index in [2.05, 4.69) is 49.0 Å². The number of rotatable bonds is 11. The van der Waals surface area contributed by atoms with Gasteiger partial charge in [0.1, 0.15) is 0 Å². The number of hydrogen-bond acceptors (Lipinski definition) is 2. The maximum Gasteiger partial charge on any atom is 0.0638 e. The molecule has 0 aromatic carbocycles. The van der Waals surface area contributed by atoms with Gasteiger partial charge in [0.05, 0.1) is 5.69 Å². The molecule has 0 aliphatic heterocycles. The zero-order valence-electron chi connectivity index (χ0n) is 13.9. The van der Waals surface area contributed by atoms with Crippen LogP contribution in [0.2, 0.25) is 0 Å². The maximum atomic E-state index is 4.62. The minimum Gasteiger partial charge on any atom is -0.312 e. The molecule has 3 heteroatoms. The molecular weight excluding hydrogens is 246 g/mol. The highest BCUT2D eigenvalue weighted by Crippen LogP contribution is 2.09. The summed E-state index contributed by atoms with van der Waals surface area (Å²) in [5.41, 5.74) is 2.52. The Bertz CT molecular complexity index is 355. The Kier molecular flexibility index (Phi) is 8.59. The molecule has 1 rings (SSSR count). The molecule has 1 heterocycles. The van der Waals surface area contributed by atoms with Crippen molar-refractivity contribution in [3.63, 3.8) is 0 Å². The Balaban J connectivity index is 2.23. The molecule has 1 aromatic heterocycles. The molecule has 0 saturated carbocycles. The van der Waals surface area contributed by atoms with Gasteiger partial charge < -0.3 is 5.32 Å². The van der Waals surface area contributed by atoms with Crippen LogP contribution in [0.25, 0.3) is 0 Å². The van der Waals surface area contributed by atoms with Crippen LogP contribution in [0.4, 0.5) is 0 Å². The minimum absolute atomic E-state index is 0.702. The molecule has 116 valence electrons. The Hall–Kier alpha value is -0.830. The summed E-state index contributed by atoms with van der Waals surface area (Å²) >= 11 is 0. The smallest absolute Gasteiger partial charge is 0.0638 e. The second kappa shape index (κ2) is 9.98. The summed E-state index contributed by atoms with van der Waals surface area (Å²) in [4.78, 5) is 0. The Morgan fingerprint density at radius 3 is 2.55 bits per heavy atom. The SMILES string of the molecule is CCCCCCCCn1cc(CNCC(C)C)c(C)n1. The third kappa shape index (κ3) is 7.09. The lowest BCUT2D eigenvalue weighted by atomic mass is 10.1. The van der Waals surface area contributed by atoms with Crippen molar-refractivity contribution < 1.29 is 0 Å². The van der Waals surface area contributed by atoms with Crippen LogP contribution >= 0.6 is 0 Å². The molecule has 1 aromatic rings. The first-order chi connectivity index (χ1) is 9.63. The highest BCUT2D eigenvalue weighted by atomic mass is 15.3. The zero-order chi connectivity index (χ0) is 14.8. The molecule has 0 spiro atoms. The van der Waals surface area contributed by atoms with E-state index >= 15 is 0 Å². The fourth-order valence-corrected chi connectivity index (χ4v) is 2.40. The van der Waals surface area contributed by atoms with E-state index in [0.29, 0.717) is 5.92 Å². The molecule has 1 N–H and O–H groups in total. The predicted molar refractivity (Wildman–Crippen MR) is 86.9 cm³/mol. The van der Waals surface area contributed by atoms with Crippen LogP contribution in [0.15, 0.2) is 6.20 Å². The van der Waals surface area contributed by atoms with Crippen LogP contribution in [0.5, 0.6) is 0 Å². The third-order valence-corrected chi connectivity index (χ3v) is 3.66. The summed E-state index contributed by atoms with van der Waals surface area (Å²) in [7, 11) is 0. The lowest BCUT2D eigenvalue weighted by molar-refractivity contribution is 0.524. The topological polar surface area (TPSA) is 29.9 Å². The number of nitrogens with one attached hydrogen (secondary N) is 1. The largest absolute Gasteiger partial charge is 0.312 e. The Morgan fingerprint density at radius 2 is 1.85 bits per heavy atom. The normalized spacial score (nSPS) is 11.4. The van der Waals surface area contributed by atoms with Gasteiger partial charge in [-0.15, -0.1) is 0 Å². The van der Waals surface area contributed by atoms with Crippen molar-refractivity contribution in [2.75, 3.05) is 6.54 Å². The number of unbranched alkanes of at least 4 members (excludes halogenated alkanes) is 5. The van der Waals surface area contributed by atoms with E-state index in [1.165, 1.54) is 49.8 Å². The molecule has 0 amide bonds. The van der Waals surface area contributed by atoms with Crippen molar-refractivity contribution in [3.8, 4) is 0 Å². The molecule has 0 saturated heterocycles. The first-order valence-electron chi connectivity index (χ1n) is 8.37. The van der Waals surface area contributed by atoms with Gasteiger partial charge in [-0.05, 0) is 25.8 Å². The van der Waals surface area contributed by atoms with Crippen LogP contribution in [-0.4, -0.2) is 16.3 Å². The lowest BCUT2D eigenvalue weighted by Crippen LogP contribution is -2.19. The molecular formula is C17H33N3. The van der Waals surface area contributed by atoms with Crippen LogP contribution in [0, 0.1) is 12.8 Å². The fourth-order valence-electron chi connectivity index (χ4n) is 2.40. The van der Waals surface area contributed by atoms with Crippen molar-refractivity contribution in [1.82, 2.24) is 15.1 Å². The summed E-state index contributed by atoms with van der Waals surface area (Å²) in [6, 6.07) is 0. The monoisotopic (exact) mass is 279 g/mol. The zero-order valence-corrected chi connectivity index (χ0v) is 13.9. The molecule has 3 nitrogen and oxygen atoms in total. The van der Waals surface area contributed by atoms with Crippen molar-refractivity contribution >= 4 is 0 Å². The van der Waals surface area contributed by atoms with Gasteiger partial charge in [0.2, 0.25) is 0 Å². The average molecular weight is 279 g/mol. The molecule has 0 aliphatic rings. The third-order valence-electron chi connectivity index (χ3n) is 3.66. The molecule has 0 aliphatic carbocycles. The van der Waals surface area contributed by atoms with Crippen LogP contribution in [0.3, 0.4) is 0 Å². The van der Waals surface area contributed by atoms with Gasteiger partial charge in [-0.2, -0.15) is 5.10 Å². The number of aryl methyl sites for hydroxylation is 2. The molecule has 0 unspecified atom stereocenters. The minimum atomic E-state index is 0.702. The van der Waals surface area contributed by atoms with Crippen molar-refractivity contribution in [2.45, 2.75) is 79.3 Å². The number of nitrogens with zero attached hydrogens (tertiary/aromatic N) is 2. The maximum absolute atomic E-state index is 4.62. The van der Waals surface area contributed by atoms with Gasteiger partial charge in [-0.1, -0.05) is 52.9 Å². The molecule has 0 bridgehead atoms. The van der Waals surface area contributed by atoms with Gasteiger partial charge in [0.25, 0.3) is 0 Å². The summed E-state index contributed by atoms with van der Waals surface area (Å²) in [5, 5.41) is 8.11. The molecule has 20 heavy (non-hydrogen) atoms. The van der Waals surface area contributed by atoms with E-state index in [0.717, 1.165) is 19.6 Å². The number of aromatic nitrogens is 2. The Morgan fingerprint density at radius 1 is 1.15 bits per heavy atom. The fraction of sp³-hybridized carbons (Fsp3) is 0.824.